The van der Waals surface area contributed by atoms with Gasteiger partial charge in [-0.1, -0.05) is 19.0 Å². The minimum absolute atomic E-state index is 0.270. The Kier molecular flexibility index (Phi) is 4.35. The zero-order valence-electron chi connectivity index (χ0n) is 11.7. The van der Waals surface area contributed by atoms with E-state index in [1.165, 1.54) is 0 Å². The predicted octanol–water partition coefficient (Wildman–Crippen LogP) is 1.88. The molecule has 1 saturated heterocycles. The molecule has 0 saturated carbocycles. The van der Waals surface area contributed by atoms with Crippen molar-refractivity contribution in [1.82, 2.24) is 15.0 Å². The van der Waals surface area contributed by atoms with Gasteiger partial charge in [0.1, 0.15) is 0 Å². The lowest BCUT2D eigenvalue weighted by Crippen LogP contribution is -2.44. The number of hydrogen-bond donors (Lipinski definition) is 0. The highest BCUT2D eigenvalue weighted by molar-refractivity contribution is 4.88. The lowest BCUT2D eigenvalue weighted by atomic mass is 10.1. The molecule has 2 heterocycles. The molecule has 2 rings (SSSR count). The lowest BCUT2D eigenvalue weighted by molar-refractivity contribution is -0.0725. The van der Waals surface area contributed by atoms with Crippen molar-refractivity contribution in [3.8, 4) is 0 Å². The topological polar surface area (TPSA) is 51.4 Å². The molecule has 102 valence electrons. The van der Waals surface area contributed by atoms with Gasteiger partial charge in [-0.3, -0.25) is 4.90 Å². The second-order valence-corrected chi connectivity index (χ2v) is 5.65. The molecule has 1 aromatic heterocycles. The smallest absolute Gasteiger partial charge is 0.240 e. The van der Waals surface area contributed by atoms with E-state index in [-0.39, 0.29) is 12.2 Å². The Hall–Kier alpha value is -0.940. The largest absolute Gasteiger partial charge is 0.373 e. The number of rotatable bonds is 4. The van der Waals surface area contributed by atoms with Gasteiger partial charge in [-0.25, -0.2) is 0 Å². The molecule has 0 aliphatic carbocycles. The molecular weight excluding hydrogens is 230 g/mol. The first-order valence-corrected chi connectivity index (χ1v) is 6.72. The van der Waals surface area contributed by atoms with Crippen molar-refractivity contribution < 1.29 is 9.26 Å². The van der Waals surface area contributed by atoms with Crippen molar-refractivity contribution in [2.24, 2.45) is 5.92 Å². The Labute approximate surface area is 108 Å². The molecule has 2 atom stereocenters. The molecule has 0 spiro atoms. The van der Waals surface area contributed by atoms with E-state index in [2.05, 4.69) is 42.7 Å². The average Bonchev–Trinajstić information content (AvgIpc) is 2.62. The van der Waals surface area contributed by atoms with E-state index in [0.717, 1.165) is 31.9 Å². The monoisotopic (exact) mass is 253 g/mol. The van der Waals surface area contributed by atoms with Crippen LogP contribution in [0.15, 0.2) is 4.52 Å². The second kappa shape index (κ2) is 5.80. The van der Waals surface area contributed by atoms with Crippen LogP contribution < -0.4 is 0 Å². The van der Waals surface area contributed by atoms with Crippen LogP contribution in [0.3, 0.4) is 0 Å². The molecular formula is C13H23N3O2. The molecule has 5 heteroatoms. The third kappa shape index (κ3) is 3.78. The van der Waals surface area contributed by atoms with Gasteiger partial charge in [-0.2, -0.15) is 4.98 Å². The molecule has 0 amide bonds. The number of hydrogen-bond acceptors (Lipinski definition) is 5. The van der Waals surface area contributed by atoms with Crippen molar-refractivity contribution in [2.45, 2.75) is 52.9 Å². The summed E-state index contributed by atoms with van der Waals surface area (Å²) in [6.45, 7) is 11.1. The number of ether oxygens (including phenoxy) is 1. The molecule has 0 bridgehead atoms. The van der Waals surface area contributed by atoms with Crippen molar-refractivity contribution in [3.63, 3.8) is 0 Å². The minimum atomic E-state index is 0.270. The maximum Gasteiger partial charge on any atom is 0.240 e. The van der Waals surface area contributed by atoms with Gasteiger partial charge in [0.2, 0.25) is 5.89 Å². The highest BCUT2D eigenvalue weighted by Gasteiger charge is 2.23. The Balaban J connectivity index is 1.90. The van der Waals surface area contributed by atoms with E-state index in [9.17, 15) is 0 Å². The van der Waals surface area contributed by atoms with Crippen LogP contribution >= 0.6 is 0 Å². The van der Waals surface area contributed by atoms with Gasteiger partial charge in [0.15, 0.2) is 5.82 Å². The van der Waals surface area contributed by atoms with Crippen molar-refractivity contribution in [3.05, 3.63) is 11.7 Å². The standard InChI is InChI=1S/C13H23N3O2/c1-9(2)5-12-14-13(18-15-12)8-16-6-10(3)17-11(4)7-16/h9-11H,5-8H2,1-4H3/t10-,11-/m0/s1. The fourth-order valence-corrected chi connectivity index (χ4v) is 2.41. The first kappa shape index (κ1) is 13.5. The Bertz CT molecular complexity index is 368. The molecule has 1 aliphatic rings. The first-order valence-electron chi connectivity index (χ1n) is 6.72. The van der Waals surface area contributed by atoms with Crippen LogP contribution in [0.2, 0.25) is 0 Å². The maximum atomic E-state index is 5.70. The summed E-state index contributed by atoms with van der Waals surface area (Å²) in [5, 5.41) is 4.02. The predicted molar refractivity (Wildman–Crippen MR) is 68.1 cm³/mol. The number of nitrogens with zero attached hydrogens (tertiary/aromatic N) is 3. The van der Waals surface area contributed by atoms with Crippen LogP contribution in [-0.4, -0.2) is 40.3 Å². The summed E-state index contributed by atoms with van der Waals surface area (Å²) < 4.78 is 11.0. The molecule has 5 nitrogen and oxygen atoms in total. The van der Waals surface area contributed by atoms with E-state index in [1.807, 2.05) is 0 Å². The van der Waals surface area contributed by atoms with E-state index in [1.54, 1.807) is 0 Å². The first-order chi connectivity index (χ1) is 8.52. The van der Waals surface area contributed by atoms with Gasteiger partial charge in [0.05, 0.1) is 18.8 Å². The molecule has 0 unspecified atom stereocenters. The van der Waals surface area contributed by atoms with E-state index in [0.29, 0.717) is 11.8 Å². The molecule has 0 radical (unpaired) electrons. The van der Waals surface area contributed by atoms with Gasteiger partial charge >= 0.3 is 0 Å². The quantitative estimate of drug-likeness (QED) is 0.820. The maximum absolute atomic E-state index is 5.70. The van der Waals surface area contributed by atoms with E-state index in [4.69, 9.17) is 9.26 Å². The summed E-state index contributed by atoms with van der Waals surface area (Å²) in [5.74, 6) is 2.08. The summed E-state index contributed by atoms with van der Waals surface area (Å²) in [7, 11) is 0. The Morgan fingerprint density at radius 1 is 1.28 bits per heavy atom. The zero-order valence-corrected chi connectivity index (χ0v) is 11.7. The summed E-state index contributed by atoms with van der Waals surface area (Å²) in [4.78, 5) is 6.75. The van der Waals surface area contributed by atoms with Crippen molar-refractivity contribution in [1.29, 1.82) is 0 Å². The van der Waals surface area contributed by atoms with Crippen LogP contribution in [-0.2, 0) is 17.7 Å². The fourth-order valence-electron chi connectivity index (χ4n) is 2.41. The Morgan fingerprint density at radius 3 is 2.56 bits per heavy atom. The molecule has 0 aromatic carbocycles. The van der Waals surface area contributed by atoms with Crippen LogP contribution in [0.25, 0.3) is 0 Å². The summed E-state index contributed by atoms with van der Waals surface area (Å²) in [6.07, 6.45) is 1.41. The van der Waals surface area contributed by atoms with Gasteiger partial charge in [0.25, 0.3) is 0 Å². The molecule has 18 heavy (non-hydrogen) atoms. The Morgan fingerprint density at radius 2 is 1.94 bits per heavy atom. The molecule has 1 aliphatic heterocycles. The third-order valence-electron chi connectivity index (χ3n) is 2.96. The van der Waals surface area contributed by atoms with Gasteiger partial charge in [-0.15, -0.1) is 0 Å². The zero-order chi connectivity index (χ0) is 13.1. The molecule has 1 aromatic rings. The highest BCUT2D eigenvalue weighted by Crippen LogP contribution is 2.14. The van der Waals surface area contributed by atoms with Gasteiger partial charge in [0, 0.05) is 19.5 Å². The van der Waals surface area contributed by atoms with Gasteiger partial charge in [-0.05, 0) is 19.8 Å². The highest BCUT2D eigenvalue weighted by atomic mass is 16.5. The fraction of sp³-hybridized carbons (Fsp3) is 0.846. The minimum Gasteiger partial charge on any atom is -0.373 e. The van der Waals surface area contributed by atoms with Crippen molar-refractivity contribution in [2.75, 3.05) is 13.1 Å². The van der Waals surface area contributed by atoms with Gasteiger partial charge < -0.3 is 9.26 Å². The molecule has 0 N–H and O–H groups in total. The van der Waals surface area contributed by atoms with Crippen LogP contribution in [0, 0.1) is 5.92 Å². The lowest BCUT2D eigenvalue weighted by Gasteiger charge is -2.34. The third-order valence-corrected chi connectivity index (χ3v) is 2.96. The second-order valence-electron chi connectivity index (χ2n) is 5.65. The molecule has 1 fully saturated rings. The van der Waals surface area contributed by atoms with E-state index >= 15 is 0 Å². The van der Waals surface area contributed by atoms with Crippen LogP contribution in [0.4, 0.5) is 0 Å². The number of aromatic nitrogens is 2. The van der Waals surface area contributed by atoms with Crippen LogP contribution in [0.5, 0.6) is 0 Å². The summed E-state index contributed by atoms with van der Waals surface area (Å²) in [5.41, 5.74) is 0. The number of morpholine rings is 1. The average molecular weight is 253 g/mol. The summed E-state index contributed by atoms with van der Waals surface area (Å²) >= 11 is 0. The SMILES string of the molecule is CC(C)Cc1noc(CN2C[C@H](C)O[C@@H](C)C2)n1. The van der Waals surface area contributed by atoms with E-state index < -0.39 is 0 Å². The van der Waals surface area contributed by atoms with Crippen LogP contribution in [0.1, 0.15) is 39.4 Å². The normalized spacial score (nSPS) is 25.8. The van der Waals surface area contributed by atoms with Crippen molar-refractivity contribution >= 4 is 0 Å². The summed E-state index contributed by atoms with van der Waals surface area (Å²) in [6, 6.07) is 0.